The van der Waals surface area contributed by atoms with Crippen molar-refractivity contribution in [1.29, 1.82) is 0 Å². The molecule has 122 valence electrons. The summed E-state index contributed by atoms with van der Waals surface area (Å²) in [6.45, 7) is 0.405. The molecule has 0 bridgehead atoms. The lowest BCUT2D eigenvalue weighted by atomic mass is 10.1. The second kappa shape index (κ2) is 6.49. The third kappa shape index (κ3) is 3.04. The van der Waals surface area contributed by atoms with E-state index in [1.165, 1.54) is 0 Å². The predicted octanol–water partition coefficient (Wildman–Crippen LogP) is 4.16. The summed E-state index contributed by atoms with van der Waals surface area (Å²) in [5.41, 5.74) is 2.40. The zero-order valence-corrected chi connectivity index (χ0v) is 14.0. The number of nitrogens with zero attached hydrogens (tertiary/aromatic N) is 3. The molecule has 5 heteroatoms. The first-order chi connectivity index (χ1) is 12.2. The average Bonchev–Trinajstić information content (AvgIpc) is 2.65. The van der Waals surface area contributed by atoms with Gasteiger partial charge in [-0.3, -0.25) is 14.3 Å². The molecule has 25 heavy (non-hydrogen) atoms. The van der Waals surface area contributed by atoms with Crippen LogP contribution < -0.4 is 5.56 Å². The smallest absolute Gasteiger partial charge is 0.261 e. The highest BCUT2D eigenvalue weighted by atomic mass is 35.5. The van der Waals surface area contributed by atoms with Gasteiger partial charge in [-0.2, -0.15) is 0 Å². The zero-order chi connectivity index (χ0) is 17.2. The minimum absolute atomic E-state index is 0.0700. The van der Waals surface area contributed by atoms with E-state index in [2.05, 4.69) is 4.98 Å². The summed E-state index contributed by atoms with van der Waals surface area (Å²) in [5.74, 6) is 0.615. The molecular formula is C20H14ClN3O. The highest BCUT2D eigenvalue weighted by molar-refractivity contribution is 6.30. The van der Waals surface area contributed by atoms with Gasteiger partial charge in [0.05, 0.1) is 17.4 Å². The summed E-state index contributed by atoms with van der Waals surface area (Å²) in [4.78, 5) is 21.9. The summed E-state index contributed by atoms with van der Waals surface area (Å²) in [6.07, 6.45) is 3.47. The van der Waals surface area contributed by atoms with Crippen LogP contribution in [0.15, 0.2) is 77.9 Å². The van der Waals surface area contributed by atoms with Crippen LogP contribution in [-0.4, -0.2) is 14.5 Å². The molecule has 0 atom stereocenters. The Morgan fingerprint density at radius 3 is 2.52 bits per heavy atom. The van der Waals surface area contributed by atoms with Gasteiger partial charge < -0.3 is 0 Å². The topological polar surface area (TPSA) is 47.8 Å². The third-order valence-corrected chi connectivity index (χ3v) is 4.28. The Morgan fingerprint density at radius 1 is 0.960 bits per heavy atom. The van der Waals surface area contributed by atoms with Gasteiger partial charge in [-0.1, -0.05) is 29.8 Å². The fourth-order valence-electron chi connectivity index (χ4n) is 2.81. The molecule has 2 heterocycles. The van der Waals surface area contributed by atoms with Crippen LogP contribution in [0, 0.1) is 0 Å². The molecule has 0 saturated carbocycles. The van der Waals surface area contributed by atoms with E-state index < -0.39 is 0 Å². The van der Waals surface area contributed by atoms with E-state index in [1.54, 1.807) is 35.2 Å². The van der Waals surface area contributed by atoms with Crippen LogP contribution >= 0.6 is 11.6 Å². The molecule has 0 aliphatic carbocycles. The van der Waals surface area contributed by atoms with Crippen molar-refractivity contribution < 1.29 is 0 Å². The van der Waals surface area contributed by atoms with Gasteiger partial charge in [0.2, 0.25) is 0 Å². The molecule has 4 nitrogen and oxygen atoms in total. The minimum Gasteiger partial charge on any atom is -0.288 e. The number of hydrogen-bond donors (Lipinski definition) is 0. The lowest BCUT2D eigenvalue weighted by Gasteiger charge is -2.14. The van der Waals surface area contributed by atoms with Gasteiger partial charge >= 0.3 is 0 Å². The zero-order valence-electron chi connectivity index (χ0n) is 13.3. The Hall–Kier alpha value is -2.98. The number of halogens is 1. The van der Waals surface area contributed by atoms with E-state index >= 15 is 0 Å². The van der Waals surface area contributed by atoms with Crippen molar-refractivity contribution in [3.05, 3.63) is 94.0 Å². The normalized spacial score (nSPS) is 10.9. The molecule has 0 fully saturated rings. The molecule has 4 aromatic rings. The van der Waals surface area contributed by atoms with E-state index in [0.717, 1.165) is 11.1 Å². The van der Waals surface area contributed by atoms with E-state index in [4.69, 9.17) is 16.6 Å². The van der Waals surface area contributed by atoms with Crippen LogP contribution in [0.3, 0.4) is 0 Å². The number of hydrogen-bond acceptors (Lipinski definition) is 3. The van der Waals surface area contributed by atoms with Gasteiger partial charge in [0.1, 0.15) is 5.82 Å². The largest absolute Gasteiger partial charge is 0.288 e. The number of para-hydroxylation sites is 1. The fourth-order valence-corrected chi connectivity index (χ4v) is 2.93. The lowest BCUT2D eigenvalue weighted by Crippen LogP contribution is -2.24. The van der Waals surface area contributed by atoms with Crippen molar-refractivity contribution in [3.63, 3.8) is 0 Å². The van der Waals surface area contributed by atoms with Crippen LogP contribution in [0.25, 0.3) is 22.3 Å². The molecule has 0 aliphatic rings. The Labute approximate surface area is 149 Å². The molecule has 0 amide bonds. The monoisotopic (exact) mass is 347 g/mol. The van der Waals surface area contributed by atoms with Crippen molar-refractivity contribution in [2.24, 2.45) is 0 Å². The number of rotatable bonds is 3. The SMILES string of the molecule is O=c1c2ccccc2nc(-c2ccc(Cl)cc2)n1Cc1cccnc1. The molecule has 0 saturated heterocycles. The number of fused-ring (bicyclic) bond motifs is 1. The summed E-state index contributed by atoms with van der Waals surface area (Å²) in [6, 6.07) is 18.5. The van der Waals surface area contributed by atoms with Gasteiger partial charge in [0.15, 0.2) is 0 Å². The predicted molar refractivity (Wildman–Crippen MR) is 99.8 cm³/mol. The standard InChI is InChI=1S/C20H14ClN3O/c21-16-9-7-15(8-10-16)19-23-18-6-2-1-5-17(18)20(25)24(19)13-14-4-3-11-22-12-14/h1-12H,13H2. The lowest BCUT2D eigenvalue weighted by molar-refractivity contribution is 0.756. The van der Waals surface area contributed by atoms with E-state index in [0.29, 0.717) is 28.3 Å². The maximum Gasteiger partial charge on any atom is 0.261 e. The summed E-state index contributed by atoms with van der Waals surface area (Å²) < 4.78 is 1.68. The molecule has 0 unspecified atom stereocenters. The molecule has 2 aromatic heterocycles. The summed E-state index contributed by atoms with van der Waals surface area (Å²) >= 11 is 6.00. The summed E-state index contributed by atoms with van der Waals surface area (Å²) in [5, 5.41) is 1.25. The molecular weight excluding hydrogens is 334 g/mol. The van der Waals surface area contributed by atoms with E-state index in [9.17, 15) is 4.79 Å². The Bertz CT molecular complexity index is 1090. The maximum atomic E-state index is 13.1. The van der Waals surface area contributed by atoms with Gasteiger partial charge in [-0.05, 0) is 48.0 Å². The number of benzene rings is 2. The first-order valence-corrected chi connectivity index (χ1v) is 8.24. The van der Waals surface area contributed by atoms with Crippen LogP contribution in [0.1, 0.15) is 5.56 Å². The van der Waals surface area contributed by atoms with Gasteiger partial charge in [0, 0.05) is 23.0 Å². The quantitative estimate of drug-likeness (QED) is 0.559. The molecule has 0 radical (unpaired) electrons. The molecule has 0 spiro atoms. The second-order valence-electron chi connectivity index (χ2n) is 5.71. The van der Waals surface area contributed by atoms with Crippen molar-refractivity contribution >= 4 is 22.5 Å². The van der Waals surface area contributed by atoms with Crippen LogP contribution in [0.2, 0.25) is 5.02 Å². The first kappa shape index (κ1) is 15.5. The highest BCUT2D eigenvalue weighted by Gasteiger charge is 2.13. The van der Waals surface area contributed by atoms with Gasteiger partial charge in [-0.15, -0.1) is 0 Å². The van der Waals surface area contributed by atoms with Gasteiger partial charge in [0.25, 0.3) is 5.56 Å². The van der Waals surface area contributed by atoms with Crippen LogP contribution in [-0.2, 0) is 6.54 Å². The fraction of sp³-hybridized carbons (Fsp3) is 0.0500. The van der Waals surface area contributed by atoms with Crippen molar-refractivity contribution in [3.8, 4) is 11.4 Å². The summed E-state index contributed by atoms with van der Waals surface area (Å²) in [7, 11) is 0. The molecule has 0 aliphatic heterocycles. The molecule has 2 aromatic carbocycles. The second-order valence-corrected chi connectivity index (χ2v) is 6.15. The van der Waals surface area contributed by atoms with E-state index in [-0.39, 0.29) is 5.56 Å². The number of aromatic nitrogens is 3. The third-order valence-electron chi connectivity index (χ3n) is 4.03. The first-order valence-electron chi connectivity index (χ1n) is 7.87. The highest BCUT2D eigenvalue weighted by Crippen LogP contribution is 2.21. The molecule has 0 N–H and O–H groups in total. The van der Waals surface area contributed by atoms with Crippen molar-refractivity contribution in [1.82, 2.24) is 14.5 Å². The number of pyridine rings is 1. The maximum absolute atomic E-state index is 13.1. The van der Waals surface area contributed by atoms with E-state index in [1.807, 2.05) is 42.5 Å². The van der Waals surface area contributed by atoms with Crippen LogP contribution in [0.5, 0.6) is 0 Å². The minimum atomic E-state index is -0.0700. The van der Waals surface area contributed by atoms with Crippen LogP contribution in [0.4, 0.5) is 0 Å². The van der Waals surface area contributed by atoms with Gasteiger partial charge in [-0.25, -0.2) is 4.98 Å². The van der Waals surface area contributed by atoms with Crippen molar-refractivity contribution in [2.45, 2.75) is 6.54 Å². The Kier molecular flexibility index (Phi) is 4.04. The Morgan fingerprint density at radius 2 is 1.76 bits per heavy atom. The Balaban J connectivity index is 1.97. The molecule has 4 rings (SSSR count). The van der Waals surface area contributed by atoms with Crippen molar-refractivity contribution in [2.75, 3.05) is 0 Å². The average molecular weight is 348 g/mol.